The number of ether oxygens (including phenoxy) is 1. The van der Waals surface area contributed by atoms with E-state index in [2.05, 4.69) is 0 Å². The van der Waals surface area contributed by atoms with E-state index in [1.165, 1.54) is 11.1 Å². The van der Waals surface area contributed by atoms with Gasteiger partial charge in [-0.3, -0.25) is 0 Å². The van der Waals surface area contributed by atoms with E-state index < -0.39 is 5.60 Å². The summed E-state index contributed by atoms with van der Waals surface area (Å²) in [6, 6.07) is 0. The number of carbonyl (C=O) groups is 1. The largest absolute Gasteiger partial charge is 0.444 e. The number of carbonyl (C=O) groups excluding carboxylic acids is 1. The number of rotatable bonds is 2. The molecule has 4 nitrogen and oxygen atoms in total. The van der Waals surface area contributed by atoms with Gasteiger partial charge in [0.15, 0.2) is 0 Å². The maximum absolute atomic E-state index is 11.4. The Balaban J connectivity index is 4.14. The second-order valence-electron chi connectivity index (χ2n) is 4.35. The Hall–Kier alpha value is -1.19. The number of amides is 1. The maximum atomic E-state index is 11.4. The standard InChI is InChI=1S/C10H20N2O2/c1-8(6-11)7-12(5)9(13)14-10(2,3)4/h6H,7,11H2,1-5H3/b8-6-. The molecule has 0 saturated carbocycles. The molecule has 0 radical (unpaired) electrons. The molecule has 0 saturated heterocycles. The van der Waals surface area contributed by atoms with Crippen LogP contribution in [0.1, 0.15) is 27.7 Å². The molecule has 0 aliphatic rings. The smallest absolute Gasteiger partial charge is 0.410 e. The lowest BCUT2D eigenvalue weighted by atomic mass is 10.2. The van der Waals surface area contributed by atoms with Gasteiger partial charge in [-0.2, -0.15) is 0 Å². The molecule has 0 aromatic carbocycles. The number of hydrogen-bond acceptors (Lipinski definition) is 3. The van der Waals surface area contributed by atoms with E-state index in [0.29, 0.717) is 6.54 Å². The molecule has 0 aromatic rings. The van der Waals surface area contributed by atoms with Gasteiger partial charge in [-0.15, -0.1) is 0 Å². The van der Waals surface area contributed by atoms with E-state index in [4.69, 9.17) is 10.5 Å². The predicted molar refractivity (Wildman–Crippen MR) is 56.8 cm³/mol. The lowest BCUT2D eigenvalue weighted by Gasteiger charge is -2.24. The van der Waals surface area contributed by atoms with Crippen molar-refractivity contribution in [2.75, 3.05) is 13.6 Å². The predicted octanol–water partition coefficient (Wildman–Crippen LogP) is 1.72. The first-order chi connectivity index (χ1) is 6.26. The van der Waals surface area contributed by atoms with Gasteiger partial charge in [-0.25, -0.2) is 4.79 Å². The molecule has 14 heavy (non-hydrogen) atoms. The van der Waals surface area contributed by atoms with Gasteiger partial charge in [0, 0.05) is 13.6 Å². The first-order valence-electron chi connectivity index (χ1n) is 4.57. The van der Waals surface area contributed by atoms with E-state index in [-0.39, 0.29) is 6.09 Å². The highest BCUT2D eigenvalue weighted by atomic mass is 16.6. The molecule has 0 aliphatic heterocycles. The molecule has 0 spiro atoms. The summed E-state index contributed by atoms with van der Waals surface area (Å²) in [6.45, 7) is 7.87. The molecule has 0 rings (SSSR count). The Morgan fingerprint density at radius 1 is 1.50 bits per heavy atom. The number of hydrogen-bond donors (Lipinski definition) is 1. The molecule has 0 bridgehead atoms. The molecular formula is C10H20N2O2. The fourth-order valence-corrected chi connectivity index (χ4v) is 0.831. The Morgan fingerprint density at radius 2 is 2.00 bits per heavy atom. The minimum absolute atomic E-state index is 0.335. The fraction of sp³-hybridized carbons (Fsp3) is 0.700. The Morgan fingerprint density at radius 3 is 2.36 bits per heavy atom. The first kappa shape index (κ1) is 12.8. The van der Waals surface area contributed by atoms with Crippen molar-refractivity contribution in [2.45, 2.75) is 33.3 Å². The zero-order valence-electron chi connectivity index (χ0n) is 9.63. The third kappa shape index (κ3) is 5.45. The summed E-state index contributed by atoms with van der Waals surface area (Å²) in [7, 11) is 1.68. The van der Waals surface area contributed by atoms with Crippen LogP contribution in [0, 0.1) is 0 Å². The molecule has 2 N–H and O–H groups in total. The molecule has 0 heterocycles. The molecule has 0 unspecified atom stereocenters. The first-order valence-corrected chi connectivity index (χ1v) is 4.57. The van der Waals surface area contributed by atoms with E-state index >= 15 is 0 Å². The molecule has 0 fully saturated rings. The number of nitrogens with two attached hydrogens (primary N) is 1. The van der Waals surface area contributed by atoms with Crippen molar-refractivity contribution < 1.29 is 9.53 Å². The van der Waals surface area contributed by atoms with Crippen LogP contribution in [0.2, 0.25) is 0 Å². The minimum Gasteiger partial charge on any atom is -0.444 e. The quantitative estimate of drug-likeness (QED) is 0.738. The normalized spacial score (nSPS) is 12.5. The van der Waals surface area contributed by atoms with Crippen molar-refractivity contribution in [2.24, 2.45) is 5.73 Å². The number of likely N-dealkylation sites (N-methyl/N-ethyl adjacent to an activating group) is 1. The third-order valence-electron chi connectivity index (χ3n) is 1.48. The highest BCUT2D eigenvalue weighted by Gasteiger charge is 2.19. The SMILES string of the molecule is C/C(=C/N)CN(C)C(=O)OC(C)(C)C. The van der Waals surface area contributed by atoms with Crippen molar-refractivity contribution in [3.8, 4) is 0 Å². The van der Waals surface area contributed by atoms with Crippen LogP contribution in [0.4, 0.5) is 4.79 Å². The average Bonchev–Trinajstić information content (AvgIpc) is 2.00. The maximum Gasteiger partial charge on any atom is 0.410 e. The summed E-state index contributed by atoms with van der Waals surface area (Å²) in [5.74, 6) is 0. The van der Waals surface area contributed by atoms with Crippen molar-refractivity contribution in [3.05, 3.63) is 11.8 Å². The van der Waals surface area contributed by atoms with Gasteiger partial charge in [-0.05, 0) is 39.5 Å². The summed E-state index contributed by atoms with van der Waals surface area (Å²) in [4.78, 5) is 12.9. The van der Waals surface area contributed by atoms with Crippen molar-refractivity contribution >= 4 is 6.09 Å². The van der Waals surface area contributed by atoms with Gasteiger partial charge in [0.2, 0.25) is 0 Å². The van der Waals surface area contributed by atoms with Crippen molar-refractivity contribution in [3.63, 3.8) is 0 Å². The topological polar surface area (TPSA) is 55.6 Å². The molecule has 0 aliphatic carbocycles. The summed E-state index contributed by atoms with van der Waals surface area (Å²) in [5.41, 5.74) is 5.78. The van der Waals surface area contributed by atoms with Crippen LogP contribution >= 0.6 is 0 Å². The average molecular weight is 200 g/mol. The van der Waals surface area contributed by atoms with Gasteiger partial charge < -0.3 is 15.4 Å². The van der Waals surface area contributed by atoms with Crippen molar-refractivity contribution in [1.29, 1.82) is 0 Å². The highest BCUT2D eigenvalue weighted by Crippen LogP contribution is 2.09. The highest BCUT2D eigenvalue weighted by molar-refractivity contribution is 5.68. The van der Waals surface area contributed by atoms with Crippen LogP contribution in [0.3, 0.4) is 0 Å². The van der Waals surface area contributed by atoms with Crippen LogP contribution in [0.15, 0.2) is 11.8 Å². The van der Waals surface area contributed by atoms with E-state index in [1.54, 1.807) is 7.05 Å². The monoisotopic (exact) mass is 200 g/mol. The molecule has 82 valence electrons. The van der Waals surface area contributed by atoms with Crippen LogP contribution in [-0.2, 0) is 4.74 Å². The molecule has 0 atom stereocenters. The summed E-state index contributed by atoms with van der Waals surface area (Å²) in [5, 5.41) is 0. The zero-order valence-corrected chi connectivity index (χ0v) is 9.63. The Bertz CT molecular complexity index is 229. The summed E-state index contributed by atoms with van der Waals surface area (Å²) < 4.78 is 5.16. The van der Waals surface area contributed by atoms with E-state index in [1.807, 2.05) is 27.7 Å². The van der Waals surface area contributed by atoms with Crippen LogP contribution in [0.25, 0.3) is 0 Å². The van der Waals surface area contributed by atoms with E-state index in [0.717, 1.165) is 5.57 Å². The van der Waals surface area contributed by atoms with Gasteiger partial charge in [0.1, 0.15) is 5.60 Å². The Labute approximate surface area is 85.7 Å². The number of nitrogens with zero attached hydrogens (tertiary/aromatic N) is 1. The summed E-state index contributed by atoms with van der Waals surface area (Å²) >= 11 is 0. The second kappa shape index (κ2) is 4.88. The van der Waals surface area contributed by atoms with Crippen LogP contribution in [-0.4, -0.2) is 30.2 Å². The minimum atomic E-state index is -0.453. The van der Waals surface area contributed by atoms with Gasteiger partial charge in [-0.1, -0.05) is 0 Å². The fourth-order valence-electron chi connectivity index (χ4n) is 0.831. The molecule has 4 heteroatoms. The van der Waals surface area contributed by atoms with Crippen molar-refractivity contribution in [1.82, 2.24) is 4.90 Å². The third-order valence-corrected chi connectivity index (χ3v) is 1.48. The zero-order chi connectivity index (χ0) is 11.4. The lowest BCUT2D eigenvalue weighted by Crippen LogP contribution is -2.35. The lowest BCUT2D eigenvalue weighted by molar-refractivity contribution is 0.0313. The van der Waals surface area contributed by atoms with Crippen LogP contribution in [0.5, 0.6) is 0 Å². The summed E-state index contributed by atoms with van der Waals surface area (Å²) in [6.07, 6.45) is 1.15. The van der Waals surface area contributed by atoms with Gasteiger partial charge in [0.05, 0.1) is 0 Å². The van der Waals surface area contributed by atoms with Gasteiger partial charge >= 0.3 is 6.09 Å². The van der Waals surface area contributed by atoms with E-state index in [9.17, 15) is 4.79 Å². The second-order valence-corrected chi connectivity index (χ2v) is 4.35. The van der Waals surface area contributed by atoms with Crippen LogP contribution < -0.4 is 5.73 Å². The Kier molecular flexibility index (Phi) is 4.47. The van der Waals surface area contributed by atoms with Gasteiger partial charge in [0.25, 0.3) is 0 Å². The molecular weight excluding hydrogens is 180 g/mol. The molecule has 0 aromatic heterocycles. The molecule has 1 amide bonds.